The Kier molecular flexibility index (Phi) is 11.7. The molecule has 2 saturated heterocycles. The summed E-state index contributed by atoms with van der Waals surface area (Å²) in [5, 5.41) is 18.3. The fraction of sp³-hybridized carbons (Fsp3) is 0.356. The summed E-state index contributed by atoms with van der Waals surface area (Å²) in [6, 6.07) is 20.1. The Morgan fingerprint density at radius 3 is 2.49 bits per heavy atom. The molecule has 65 heavy (non-hydrogen) atoms. The fourth-order valence-electron chi connectivity index (χ4n) is 9.02. The molecule has 0 bridgehead atoms. The number of rotatable bonds is 12. The number of nitrogens with zero attached hydrogens (tertiary/aromatic N) is 7. The molecule has 1 aliphatic carbocycles. The van der Waals surface area contributed by atoms with Gasteiger partial charge in [-0.1, -0.05) is 43.2 Å². The van der Waals surface area contributed by atoms with Crippen LogP contribution in [0.3, 0.4) is 0 Å². The summed E-state index contributed by atoms with van der Waals surface area (Å²) >= 11 is 6.25. The van der Waals surface area contributed by atoms with E-state index in [1.54, 1.807) is 29.2 Å². The first kappa shape index (κ1) is 44.3. The Morgan fingerprint density at radius 2 is 1.77 bits per heavy atom. The van der Waals surface area contributed by atoms with E-state index in [4.69, 9.17) is 16.3 Å². The van der Waals surface area contributed by atoms with E-state index in [1.807, 2.05) is 30.3 Å². The number of nitrogens with one attached hydrogen (secondary N) is 2. The Balaban J connectivity index is 0.978. The van der Waals surface area contributed by atoms with Gasteiger partial charge >= 0.3 is 5.69 Å². The predicted octanol–water partition coefficient (Wildman–Crippen LogP) is 6.78. The van der Waals surface area contributed by atoms with Gasteiger partial charge in [-0.15, -0.1) is 0 Å². The lowest BCUT2D eigenvalue weighted by Crippen LogP contribution is -2.47. The molecular weight excluding hydrogens is 894 g/mol. The van der Waals surface area contributed by atoms with Gasteiger partial charge in [-0.25, -0.2) is 31.2 Å². The summed E-state index contributed by atoms with van der Waals surface area (Å²) < 4.78 is 62.4. The third-order valence-corrected chi connectivity index (χ3v) is 15.4. The third kappa shape index (κ3) is 9.33. The van der Waals surface area contributed by atoms with Crippen LogP contribution in [0.2, 0.25) is 5.02 Å². The van der Waals surface area contributed by atoms with Crippen LogP contribution in [0.15, 0.2) is 95.7 Å². The first-order valence-electron chi connectivity index (χ1n) is 21.3. The van der Waals surface area contributed by atoms with Gasteiger partial charge in [-0.2, -0.15) is 9.40 Å². The number of sulfonamides is 2. The topological polar surface area (TPSA) is 206 Å². The van der Waals surface area contributed by atoms with Gasteiger partial charge in [0.2, 0.25) is 10.0 Å². The Bertz CT molecular complexity index is 3110. The average molecular weight is 943 g/mol. The highest BCUT2D eigenvalue weighted by Gasteiger charge is 2.34. The van der Waals surface area contributed by atoms with Crippen molar-refractivity contribution >= 4 is 76.6 Å². The lowest BCUT2D eigenvalue weighted by Gasteiger charge is -2.39. The molecule has 340 valence electrons. The zero-order valence-electron chi connectivity index (χ0n) is 36.0. The van der Waals surface area contributed by atoms with Crippen molar-refractivity contribution in [1.29, 1.82) is 0 Å². The Morgan fingerprint density at radius 1 is 1.00 bits per heavy atom. The fourth-order valence-corrected chi connectivity index (χ4v) is 11.0. The number of aromatic nitrogens is 4. The number of allylic oxidation sites excluding steroid dienone is 1. The number of pyridine rings is 1. The second-order valence-corrected chi connectivity index (χ2v) is 21.8. The molecule has 3 aromatic carbocycles. The first-order valence-corrected chi connectivity index (χ1v) is 25.0. The third-order valence-electron chi connectivity index (χ3n) is 12.6. The molecule has 9 rings (SSSR count). The second kappa shape index (κ2) is 17.2. The molecule has 3 aromatic heterocycles. The quantitative estimate of drug-likeness (QED) is 0.0963. The van der Waals surface area contributed by atoms with Gasteiger partial charge in [-0.3, -0.25) is 19.8 Å². The van der Waals surface area contributed by atoms with Crippen LogP contribution in [0.25, 0.3) is 33.3 Å². The van der Waals surface area contributed by atoms with Gasteiger partial charge in [0, 0.05) is 67.6 Å². The van der Waals surface area contributed by atoms with E-state index >= 15 is 0 Å². The highest BCUT2D eigenvalue weighted by Crippen LogP contribution is 2.43. The number of carbonyl (C=O) groups excluding carboxylic acids is 1. The molecule has 0 unspecified atom stereocenters. The zero-order chi connectivity index (χ0) is 45.8. The Hall–Kier alpha value is -5.86. The monoisotopic (exact) mass is 941 g/mol. The van der Waals surface area contributed by atoms with Crippen molar-refractivity contribution in [3.05, 3.63) is 117 Å². The van der Waals surface area contributed by atoms with Crippen molar-refractivity contribution in [3.8, 4) is 11.4 Å². The summed E-state index contributed by atoms with van der Waals surface area (Å²) in [6.45, 7) is 8.69. The lowest BCUT2D eigenvalue weighted by molar-refractivity contribution is -0.386. The van der Waals surface area contributed by atoms with Gasteiger partial charge in [-0.05, 0) is 96.8 Å². The molecule has 0 saturated carbocycles. The van der Waals surface area contributed by atoms with E-state index < -0.39 is 47.6 Å². The molecule has 1 amide bonds. The lowest BCUT2D eigenvalue weighted by atomic mass is 9.72. The largest absolute Gasteiger partial charge is 0.482 e. The number of benzene rings is 3. The van der Waals surface area contributed by atoms with Gasteiger partial charge in [0.05, 0.1) is 45.6 Å². The van der Waals surface area contributed by atoms with Crippen LogP contribution < -0.4 is 14.4 Å². The van der Waals surface area contributed by atoms with Gasteiger partial charge in [0.15, 0.2) is 5.75 Å². The van der Waals surface area contributed by atoms with Crippen LogP contribution in [0, 0.1) is 15.5 Å². The summed E-state index contributed by atoms with van der Waals surface area (Å²) in [6.07, 6.45) is 7.17. The van der Waals surface area contributed by atoms with E-state index in [2.05, 4.69) is 55.6 Å². The minimum absolute atomic E-state index is 0.00908. The maximum absolute atomic E-state index is 14.2. The number of nitro benzene ring substituents is 1. The molecule has 20 heteroatoms. The molecule has 6 aromatic rings. The molecule has 17 nitrogen and oxygen atoms in total. The van der Waals surface area contributed by atoms with E-state index in [1.165, 1.54) is 21.0 Å². The molecule has 1 atom stereocenters. The van der Waals surface area contributed by atoms with Crippen LogP contribution in [0.5, 0.6) is 5.75 Å². The smallest absolute Gasteiger partial charge is 0.312 e. The summed E-state index contributed by atoms with van der Waals surface area (Å²) in [4.78, 5) is 37.5. The van der Waals surface area contributed by atoms with Crippen molar-refractivity contribution in [2.24, 2.45) is 5.41 Å². The summed E-state index contributed by atoms with van der Waals surface area (Å²) in [5.74, 6) is -1.21. The normalized spacial score (nSPS) is 18.7. The molecule has 3 aliphatic rings. The standard InChI is InChI=1S/C45H48ClN9O8S2/c1-45(2)15-12-31(37(25-45)29-4-6-32(46)7-5-29)27-51-18-20-52(21-19-51)33-8-10-36(39(23-33)54-40-22-30-13-16-47-43(30)49-38(40)26-48-54)44(56)50-65(61,62)35-9-11-42(41(24-35)55(57)58)63-34-14-17-53(28-34)64(3,59)60/h4-11,13,16,22-24,26,34H,12,14-15,17-21,25,27-28H2,1-3H3,(H,47,49)(H,50,56)/t34-/m1/s1. The number of aromatic amines is 1. The average Bonchev–Trinajstić information content (AvgIpc) is 4.04. The number of hydrogen-bond donors (Lipinski definition) is 2. The molecule has 0 spiro atoms. The predicted molar refractivity (Wildman–Crippen MR) is 249 cm³/mol. The number of nitro groups is 1. The number of carbonyl (C=O) groups is 1. The van der Waals surface area contributed by atoms with E-state index in [0.29, 0.717) is 46.9 Å². The van der Waals surface area contributed by atoms with E-state index in [0.717, 1.165) is 74.4 Å². The molecule has 2 fully saturated rings. The zero-order valence-corrected chi connectivity index (χ0v) is 38.4. The van der Waals surface area contributed by atoms with Crippen molar-refractivity contribution in [2.75, 3.05) is 57.0 Å². The van der Waals surface area contributed by atoms with E-state index in [-0.39, 0.29) is 29.8 Å². The van der Waals surface area contributed by atoms with Crippen LogP contribution in [-0.2, 0) is 20.0 Å². The van der Waals surface area contributed by atoms with Crippen LogP contribution in [-0.4, -0.2) is 115 Å². The van der Waals surface area contributed by atoms with Crippen molar-refractivity contribution in [3.63, 3.8) is 0 Å². The number of anilines is 1. The maximum atomic E-state index is 14.2. The minimum atomic E-state index is -4.68. The Labute approximate surface area is 381 Å². The number of piperazine rings is 1. The summed E-state index contributed by atoms with van der Waals surface area (Å²) in [7, 11) is -8.18. The van der Waals surface area contributed by atoms with Gasteiger partial charge < -0.3 is 14.6 Å². The highest BCUT2D eigenvalue weighted by atomic mass is 35.5. The molecule has 5 heterocycles. The molecule has 2 N–H and O–H groups in total. The van der Waals surface area contributed by atoms with Crippen LogP contribution >= 0.6 is 11.6 Å². The van der Waals surface area contributed by atoms with Gasteiger partial charge in [0.25, 0.3) is 15.9 Å². The number of hydrogen-bond acceptors (Lipinski definition) is 12. The van der Waals surface area contributed by atoms with Crippen LogP contribution in [0.1, 0.15) is 55.5 Å². The molecule has 2 aliphatic heterocycles. The van der Waals surface area contributed by atoms with E-state index in [9.17, 15) is 31.7 Å². The van der Waals surface area contributed by atoms with Crippen molar-refractivity contribution in [1.82, 2.24) is 33.7 Å². The number of halogens is 1. The van der Waals surface area contributed by atoms with Crippen LogP contribution in [0.4, 0.5) is 11.4 Å². The van der Waals surface area contributed by atoms with Crippen molar-refractivity contribution in [2.45, 2.75) is 50.5 Å². The molecule has 0 radical (unpaired) electrons. The van der Waals surface area contributed by atoms with Gasteiger partial charge in [0.1, 0.15) is 17.3 Å². The number of H-pyrrole nitrogens is 1. The minimum Gasteiger partial charge on any atom is -0.482 e. The number of amides is 1. The molecular formula is C45H48ClN9O8S2. The maximum Gasteiger partial charge on any atom is 0.312 e. The SMILES string of the molecule is CC1(C)CCC(CN2CCN(c3ccc(C(=O)NS(=O)(=O)c4ccc(O[C@@H]5CCN(S(C)(=O)=O)C5)c([N+](=O)[O-])c4)c(-n4ncc5nc6[nH]ccc6cc54)c3)CC2)=C(c2ccc(Cl)cc2)C1. The number of fused-ring (bicyclic) bond motifs is 2. The second-order valence-electron chi connectivity index (χ2n) is 17.7. The summed E-state index contributed by atoms with van der Waals surface area (Å²) in [5.41, 5.74) is 6.52. The number of ether oxygens (including phenoxy) is 1. The highest BCUT2D eigenvalue weighted by molar-refractivity contribution is 7.90. The van der Waals surface area contributed by atoms with Crippen molar-refractivity contribution < 1.29 is 31.3 Å². The first-order chi connectivity index (χ1) is 30.9.